The van der Waals surface area contributed by atoms with Crippen LogP contribution in [0, 0.1) is 0 Å². The fourth-order valence-corrected chi connectivity index (χ4v) is 3.40. The van der Waals surface area contributed by atoms with Crippen molar-refractivity contribution >= 4 is 35.6 Å². The lowest BCUT2D eigenvalue weighted by Gasteiger charge is -2.31. The van der Waals surface area contributed by atoms with Crippen LogP contribution in [-0.2, 0) is 11.3 Å². The monoisotopic (exact) mass is 395 g/mol. The molecule has 1 aliphatic carbocycles. The van der Waals surface area contributed by atoms with E-state index in [4.69, 9.17) is 17.3 Å². The first-order chi connectivity index (χ1) is 12.0. The Labute approximate surface area is 164 Å². The van der Waals surface area contributed by atoms with Gasteiger partial charge in [-0.15, -0.1) is 12.4 Å². The summed E-state index contributed by atoms with van der Waals surface area (Å²) in [5.74, 6) is -0.185. The van der Waals surface area contributed by atoms with Crippen molar-refractivity contribution in [1.82, 2.24) is 4.57 Å². The molecule has 0 saturated heterocycles. The van der Waals surface area contributed by atoms with E-state index < -0.39 is 5.54 Å². The number of nitrogens with two attached hydrogens (primary N) is 1. The van der Waals surface area contributed by atoms with Gasteiger partial charge in [-0.05, 0) is 30.5 Å². The van der Waals surface area contributed by atoms with Crippen LogP contribution in [0.4, 0.5) is 5.69 Å². The summed E-state index contributed by atoms with van der Waals surface area (Å²) in [6.45, 7) is 0.343. The third-order valence-electron chi connectivity index (χ3n) is 4.74. The van der Waals surface area contributed by atoms with Gasteiger partial charge in [0.05, 0.1) is 17.8 Å². The van der Waals surface area contributed by atoms with Gasteiger partial charge in [0, 0.05) is 17.3 Å². The van der Waals surface area contributed by atoms with Gasteiger partial charge >= 0.3 is 0 Å². The topological polar surface area (TPSA) is 77.1 Å². The van der Waals surface area contributed by atoms with Gasteiger partial charge in [0.2, 0.25) is 5.91 Å². The number of amides is 1. The summed E-state index contributed by atoms with van der Waals surface area (Å²) in [5, 5.41) is 3.47. The number of aromatic nitrogens is 1. The van der Waals surface area contributed by atoms with Crippen LogP contribution in [0.5, 0.6) is 0 Å². The minimum Gasteiger partial charge on any atom is -0.323 e. The molecule has 1 aliphatic rings. The van der Waals surface area contributed by atoms with Gasteiger partial charge in [0.1, 0.15) is 0 Å². The summed E-state index contributed by atoms with van der Waals surface area (Å²) in [6, 6.07) is 10.4. The Kier molecular flexibility index (Phi) is 6.87. The number of halogens is 2. The number of carbonyl (C=O) groups excluding carboxylic acids is 1. The second kappa shape index (κ2) is 8.71. The van der Waals surface area contributed by atoms with Crippen molar-refractivity contribution in [3.63, 3.8) is 0 Å². The highest BCUT2D eigenvalue weighted by Gasteiger charge is 2.35. The number of hydrogen-bond acceptors (Lipinski definition) is 3. The van der Waals surface area contributed by atoms with Crippen LogP contribution < -0.4 is 16.6 Å². The highest BCUT2D eigenvalue weighted by molar-refractivity contribution is 6.31. The number of nitrogens with one attached hydrogen (secondary N) is 1. The number of rotatable bonds is 4. The standard InChI is InChI=1S/C19H22ClN3O2.ClH/c20-16-7-3-2-6-14(16)12-23-13-15(8-9-17(23)24)22-18(25)19(21)10-4-1-5-11-19;/h2-3,6-9,13H,1,4-5,10-12,21H2,(H,22,25);1H. The van der Waals surface area contributed by atoms with Crippen LogP contribution in [0.3, 0.4) is 0 Å². The van der Waals surface area contributed by atoms with Crippen molar-refractivity contribution < 1.29 is 4.79 Å². The summed E-state index contributed by atoms with van der Waals surface area (Å²) in [5.41, 5.74) is 6.70. The van der Waals surface area contributed by atoms with Gasteiger partial charge in [0.25, 0.3) is 5.56 Å². The van der Waals surface area contributed by atoms with E-state index in [-0.39, 0.29) is 23.9 Å². The average molecular weight is 396 g/mol. The number of hydrogen-bond donors (Lipinski definition) is 2. The molecule has 0 atom stereocenters. The number of benzene rings is 1. The summed E-state index contributed by atoms with van der Waals surface area (Å²) in [7, 11) is 0. The maximum atomic E-state index is 12.6. The molecule has 0 aliphatic heterocycles. The van der Waals surface area contributed by atoms with E-state index in [0.29, 0.717) is 30.1 Å². The molecule has 0 spiro atoms. The molecule has 5 nitrogen and oxygen atoms in total. The number of nitrogens with zero attached hydrogens (tertiary/aromatic N) is 1. The lowest BCUT2D eigenvalue weighted by Crippen LogP contribution is -2.52. The Morgan fingerprint density at radius 2 is 1.85 bits per heavy atom. The predicted molar refractivity (Wildman–Crippen MR) is 107 cm³/mol. The molecule has 1 aromatic carbocycles. The Balaban J connectivity index is 0.00000243. The molecule has 1 fully saturated rings. The van der Waals surface area contributed by atoms with Crippen LogP contribution in [0.1, 0.15) is 37.7 Å². The maximum Gasteiger partial charge on any atom is 0.250 e. The zero-order valence-electron chi connectivity index (χ0n) is 14.4. The average Bonchev–Trinajstić information content (AvgIpc) is 2.60. The molecular formula is C19H23Cl2N3O2. The van der Waals surface area contributed by atoms with E-state index in [0.717, 1.165) is 24.8 Å². The summed E-state index contributed by atoms with van der Waals surface area (Å²) in [6.07, 6.45) is 6.08. The maximum absolute atomic E-state index is 12.6. The molecule has 3 rings (SSSR count). The summed E-state index contributed by atoms with van der Waals surface area (Å²) < 4.78 is 1.53. The van der Waals surface area contributed by atoms with Crippen LogP contribution in [0.25, 0.3) is 0 Å². The largest absolute Gasteiger partial charge is 0.323 e. The third kappa shape index (κ3) is 4.67. The minimum atomic E-state index is -0.818. The first-order valence-corrected chi connectivity index (χ1v) is 8.90. The molecule has 2 aromatic rings. The first-order valence-electron chi connectivity index (χ1n) is 8.52. The Bertz CT molecular complexity index is 830. The van der Waals surface area contributed by atoms with Gasteiger partial charge in [-0.2, -0.15) is 0 Å². The predicted octanol–water partition coefficient (Wildman–Crippen LogP) is 3.57. The zero-order valence-corrected chi connectivity index (χ0v) is 16.0. The Morgan fingerprint density at radius 1 is 1.15 bits per heavy atom. The highest BCUT2D eigenvalue weighted by atomic mass is 35.5. The van der Waals surface area contributed by atoms with Crippen molar-refractivity contribution in [3.8, 4) is 0 Å². The fourth-order valence-electron chi connectivity index (χ4n) is 3.20. The van der Waals surface area contributed by atoms with Crippen LogP contribution in [0.15, 0.2) is 47.4 Å². The quantitative estimate of drug-likeness (QED) is 0.830. The fraction of sp³-hybridized carbons (Fsp3) is 0.368. The minimum absolute atomic E-state index is 0. The lowest BCUT2D eigenvalue weighted by atomic mass is 9.82. The van der Waals surface area contributed by atoms with Gasteiger partial charge in [0.15, 0.2) is 0 Å². The van der Waals surface area contributed by atoms with Gasteiger partial charge < -0.3 is 15.6 Å². The molecule has 140 valence electrons. The van der Waals surface area contributed by atoms with Crippen LogP contribution in [-0.4, -0.2) is 16.0 Å². The SMILES string of the molecule is Cl.NC1(C(=O)Nc2ccc(=O)n(Cc3ccccc3Cl)c2)CCCCC1. The lowest BCUT2D eigenvalue weighted by molar-refractivity contribution is -0.122. The smallest absolute Gasteiger partial charge is 0.250 e. The molecule has 1 aromatic heterocycles. The molecule has 1 saturated carbocycles. The molecule has 0 radical (unpaired) electrons. The van der Waals surface area contributed by atoms with Crippen molar-refractivity contribution in [3.05, 3.63) is 63.5 Å². The van der Waals surface area contributed by atoms with Crippen molar-refractivity contribution in [2.45, 2.75) is 44.2 Å². The van der Waals surface area contributed by atoms with E-state index in [1.807, 2.05) is 18.2 Å². The zero-order chi connectivity index (χ0) is 17.9. The highest BCUT2D eigenvalue weighted by Crippen LogP contribution is 2.27. The van der Waals surface area contributed by atoms with E-state index in [9.17, 15) is 9.59 Å². The van der Waals surface area contributed by atoms with E-state index in [1.165, 1.54) is 10.6 Å². The molecule has 0 unspecified atom stereocenters. The Morgan fingerprint density at radius 3 is 2.54 bits per heavy atom. The molecule has 0 bridgehead atoms. The second-order valence-electron chi connectivity index (χ2n) is 6.65. The van der Waals surface area contributed by atoms with Crippen LogP contribution >= 0.6 is 24.0 Å². The summed E-state index contributed by atoms with van der Waals surface area (Å²) in [4.78, 5) is 24.7. The number of pyridine rings is 1. The van der Waals surface area contributed by atoms with Gasteiger partial charge in [-0.25, -0.2) is 0 Å². The van der Waals surface area contributed by atoms with E-state index in [1.54, 1.807) is 18.3 Å². The van der Waals surface area contributed by atoms with E-state index in [2.05, 4.69) is 5.32 Å². The van der Waals surface area contributed by atoms with Crippen molar-refractivity contribution in [2.75, 3.05) is 5.32 Å². The second-order valence-corrected chi connectivity index (χ2v) is 7.05. The Hall–Kier alpha value is -1.82. The molecule has 26 heavy (non-hydrogen) atoms. The van der Waals surface area contributed by atoms with E-state index >= 15 is 0 Å². The number of anilines is 1. The normalized spacial score (nSPS) is 15.8. The molecule has 3 N–H and O–H groups in total. The van der Waals surface area contributed by atoms with Crippen molar-refractivity contribution in [2.24, 2.45) is 5.73 Å². The number of carbonyl (C=O) groups is 1. The van der Waals surface area contributed by atoms with Gasteiger partial charge in [-0.1, -0.05) is 49.1 Å². The first kappa shape index (κ1) is 20.5. The molecular weight excluding hydrogens is 373 g/mol. The van der Waals surface area contributed by atoms with Gasteiger partial charge in [-0.3, -0.25) is 9.59 Å². The molecule has 1 amide bonds. The third-order valence-corrected chi connectivity index (χ3v) is 5.11. The van der Waals surface area contributed by atoms with Crippen molar-refractivity contribution in [1.29, 1.82) is 0 Å². The molecule has 7 heteroatoms. The van der Waals surface area contributed by atoms with Crippen LogP contribution in [0.2, 0.25) is 5.02 Å². The summed E-state index contributed by atoms with van der Waals surface area (Å²) >= 11 is 6.17. The molecule has 1 heterocycles.